The molecule has 0 saturated carbocycles. The van der Waals surface area contributed by atoms with Crippen LogP contribution in [0.5, 0.6) is 0 Å². The van der Waals surface area contributed by atoms with E-state index in [0.717, 1.165) is 0 Å². The first-order valence-electron chi connectivity index (χ1n) is 3.45. The summed E-state index contributed by atoms with van der Waals surface area (Å²) in [5.41, 5.74) is 0. The van der Waals surface area contributed by atoms with E-state index in [1.54, 1.807) is 0 Å². The van der Waals surface area contributed by atoms with E-state index in [9.17, 15) is 9.90 Å². The molecule has 4 atom stereocenters. The van der Waals surface area contributed by atoms with Crippen molar-refractivity contribution in [3.05, 3.63) is 0 Å². The van der Waals surface area contributed by atoms with Gasteiger partial charge in [-0.05, 0) is 0 Å². The molecule has 0 saturated heterocycles. The second-order valence-electron chi connectivity index (χ2n) is 2.49. The van der Waals surface area contributed by atoms with Gasteiger partial charge in [0.1, 0.15) is 24.4 Å². The van der Waals surface area contributed by atoms with Crippen LogP contribution in [-0.4, -0.2) is 91.1 Å². The van der Waals surface area contributed by atoms with Crippen molar-refractivity contribution in [2.75, 3.05) is 6.61 Å². The number of hydrogen-bond donors (Lipinski definition) is 5. The van der Waals surface area contributed by atoms with Gasteiger partial charge in [-0.15, -0.1) is 0 Å². The molecule has 0 aromatic carbocycles. The molecule has 0 spiro atoms. The molecule has 0 heterocycles. The molecule has 0 amide bonds. The van der Waals surface area contributed by atoms with E-state index in [0.29, 0.717) is 0 Å². The maximum Gasteiger partial charge on any atom is 2.00 e. The van der Waals surface area contributed by atoms with E-state index in [1.807, 2.05) is 0 Å². The number of carboxylic acids is 1. The van der Waals surface area contributed by atoms with Gasteiger partial charge in [0.2, 0.25) is 0 Å². The largest absolute Gasteiger partial charge is 2.00 e. The van der Waals surface area contributed by atoms with E-state index >= 15 is 0 Å². The summed E-state index contributed by atoms with van der Waals surface area (Å²) in [5.74, 6) is -1.98. The maximum atomic E-state index is 9.98. The van der Waals surface area contributed by atoms with E-state index in [-0.39, 0.29) is 28.5 Å². The average Bonchev–Trinajstić information content (AvgIpc) is 2.12. The van der Waals surface area contributed by atoms with Gasteiger partial charge >= 0.3 is 23.1 Å². The molecule has 0 rings (SSSR count). The normalized spacial score (nSPS) is 17.7. The van der Waals surface area contributed by atoms with Crippen LogP contribution in [0.1, 0.15) is 0 Å². The van der Waals surface area contributed by atoms with Gasteiger partial charge in [-0.1, -0.05) is 0 Å². The fraction of sp³-hybridized carbons (Fsp3) is 0.833. The van der Waals surface area contributed by atoms with Crippen LogP contribution in [0.2, 0.25) is 0 Å². The number of carboxylic acid groups (broad SMARTS) is 1. The standard InChI is InChI=1S/C6H12O7.Mg.H2O/c7-1-2(8)3(9)4(10)5(11)6(12)13;;/h2-5,7-11H,1H2,(H,12,13);;1H2/q;+2;/p-1/t2-,3-,4+,5-;;/m1../s1. The number of carbonyl (C=O) groups excluding carboxylic acids is 1. The number of aliphatic hydroxyl groups excluding tert-OH is 5. The van der Waals surface area contributed by atoms with Gasteiger partial charge < -0.3 is 40.9 Å². The van der Waals surface area contributed by atoms with E-state index < -0.39 is 37.0 Å². The third-order valence-electron chi connectivity index (χ3n) is 1.50. The summed E-state index contributed by atoms with van der Waals surface area (Å²) in [6.45, 7) is -0.863. The molecule has 0 fully saturated rings. The molecule has 8 nitrogen and oxygen atoms in total. The first-order chi connectivity index (χ1) is 5.91. The molecule has 9 heteroatoms. The second kappa shape index (κ2) is 9.24. The minimum absolute atomic E-state index is 0. The van der Waals surface area contributed by atoms with Gasteiger partial charge in [0.15, 0.2) is 0 Å². The quantitative estimate of drug-likeness (QED) is 0.296. The molecule has 0 radical (unpaired) electrons. The molecule has 0 aliphatic rings. The molecule has 0 aromatic rings. The smallest absolute Gasteiger partial charge is 0.547 e. The summed E-state index contributed by atoms with van der Waals surface area (Å²) < 4.78 is 0. The van der Waals surface area contributed by atoms with Crippen LogP contribution in [0.3, 0.4) is 0 Å². The molecule has 7 N–H and O–H groups in total. The van der Waals surface area contributed by atoms with Crippen molar-refractivity contribution in [2.24, 2.45) is 0 Å². The summed E-state index contributed by atoms with van der Waals surface area (Å²) in [5, 5.41) is 53.4. The van der Waals surface area contributed by atoms with Gasteiger partial charge in [-0.2, -0.15) is 0 Å². The maximum absolute atomic E-state index is 9.98. The van der Waals surface area contributed by atoms with Crippen molar-refractivity contribution in [1.82, 2.24) is 0 Å². The van der Waals surface area contributed by atoms with Crippen molar-refractivity contribution in [3.8, 4) is 0 Å². The van der Waals surface area contributed by atoms with Crippen molar-refractivity contribution in [1.29, 1.82) is 0 Å². The van der Waals surface area contributed by atoms with E-state index in [1.165, 1.54) is 0 Å². The Morgan fingerprint density at radius 3 is 1.80 bits per heavy atom. The van der Waals surface area contributed by atoms with Gasteiger partial charge in [-0.3, -0.25) is 0 Å². The topological polar surface area (TPSA) is 173 Å². The zero-order valence-electron chi connectivity index (χ0n) is 7.78. The number of aliphatic hydroxyl groups is 5. The van der Waals surface area contributed by atoms with E-state index in [4.69, 9.17) is 25.5 Å². The Morgan fingerprint density at radius 1 is 1.13 bits per heavy atom. The Kier molecular flexibility index (Phi) is 12.6. The SMILES string of the molecule is O.O=C([O-])[C@H](O)[C@@H](O)[C@H](O)[C@H](O)CO.[Mg+2]. The van der Waals surface area contributed by atoms with Crippen molar-refractivity contribution in [3.63, 3.8) is 0 Å². The molecule has 0 aliphatic carbocycles. The summed E-state index contributed by atoms with van der Waals surface area (Å²) in [6.07, 6.45) is -8.08. The summed E-state index contributed by atoms with van der Waals surface area (Å²) >= 11 is 0. The Balaban J connectivity index is -0.000000720. The Labute approximate surface area is 101 Å². The first kappa shape index (κ1) is 20.4. The van der Waals surface area contributed by atoms with Crippen molar-refractivity contribution >= 4 is 29.0 Å². The van der Waals surface area contributed by atoms with Crippen molar-refractivity contribution < 1.29 is 40.9 Å². The van der Waals surface area contributed by atoms with Crippen LogP contribution < -0.4 is 5.11 Å². The Hall–Kier alpha value is -0.00377. The molecular weight excluding hydrogens is 224 g/mol. The minimum Gasteiger partial charge on any atom is -0.547 e. The average molecular weight is 237 g/mol. The molecule has 0 aromatic heterocycles. The Bertz CT molecular complexity index is 177. The number of hydrogen-bond acceptors (Lipinski definition) is 7. The third kappa shape index (κ3) is 6.22. The number of rotatable bonds is 5. The molecule has 0 bridgehead atoms. The van der Waals surface area contributed by atoms with Crippen molar-refractivity contribution in [2.45, 2.75) is 24.4 Å². The second-order valence-corrected chi connectivity index (χ2v) is 2.49. The summed E-state index contributed by atoms with van der Waals surface area (Å²) in [4.78, 5) is 9.98. The van der Waals surface area contributed by atoms with E-state index in [2.05, 4.69) is 0 Å². The van der Waals surface area contributed by atoms with Crippen LogP contribution in [-0.2, 0) is 4.79 Å². The molecule has 86 valence electrons. The first-order valence-corrected chi connectivity index (χ1v) is 3.45. The molecule has 0 aliphatic heterocycles. The van der Waals surface area contributed by atoms with Gasteiger partial charge in [0.05, 0.1) is 12.6 Å². The summed E-state index contributed by atoms with van der Waals surface area (Å²) in [7, 11) is 0. The van der Waals surface area contributed by atoms with Crippen LogP contribution in [0.15, 0.2) is 0 Å². The third-order valence-corrected chi connectivity index (χ3v) is 1.50. The fourth-order valence-corrected chi connectivity index (χ4v) is 0.662. The van der Waals surface area contributed by atoms with Crippen LogP contribution in [0, 0.1) is 0 Å². The summed E-state index contributed by atoms with van der Waals surface area (Å²) in [6, 6.07) is 0. The predicted octanol–water partition coefficient (Wildman–Crippen LogP) is -6.03. The van der Waals surface area contributed by atoms with Gasteiger partial charge in [0, 0.05) is 0 Å². The van der Waals surface area contributed by atoms with Gasteiger partial charge in [0.25, 0.3) is 0 Å². The van der Waals surface area contributed by atoms with Crippen LogP contribution in [0.25, 0.3) is 0 Å². The monoisotopic (exact) mass is 237 g/mol. The number of aliphatic carboxylic acids is 1. The van der Waals surface area contributed by atoms with Gasteiger partial charge in [-0.25, -0.2) is 0 Å². The molecule has 15 heavy (non-hydrogen) atoms. The fourth-order valence-electron chi connectivity index (χ4n) is 0.662. The molecule has 0 unspecified atom stereocenters. The minimum atomic E-state index is -2.31. The van der Waals surface area contributed by atoms with Crippen LogP contribution in [0.4, 0.5) is 0 Å². The molecular formula is C6H13MgO8+. The van der Waals surface area contributed by atoms with Crippen LogP contribution >= 0.6 is 0 Å². The predicted molar refractivity (Wildman–Crippen MR) is 45.5 cm³/mol. The number of carbonyl (C=O) groups is 1. The zero-order valence-corrected chi connectivity index (χ0v) is 9.19. The Morgan fingerprint density at radius 2 is 1.53 bits per heavy atom. The zero-order chi connectivity index (χ0) is 10.6.